The maximum atomic E-state index is 13.3. The molecular weight excluding hydrogens is 202 g/mol. The highest BCUT2D eigenvalue weighted by Crippen LogP contribution is 2.36. The Hall–Kier alpha value is -0.985. The van der Waals surface area contributed by atoms with Gasteiger partial charge in [-0.05, 0) is 29.1 Å². The highest BCUT2D eigenvalue weighted by molar-refractivity contribution is 6.16. The van der Waals surface area contributed by atoms with E-state index in [1.54, 1.807) is 19.2 Å². The molecule has 0 fully saturated rings. The van der Waals surface area contributed by atoms with E-state index in [9.17, 15) is 4.39 Å². The van der Waals surface area contributed by atoms with Crippen molar-refractivity contribution in [3.05, 3.63) is 29.6 Å². The molecule has 0 heterocycles. The maximum Gasteiger partial charge on any atom is 0.123 e. The van der Waals surface area contributed by atoms with Crippen LogP contribution >= 0.6 is 0 Å². The third-order valence-electron chi connectivity index (χ3n) is 3.39. The number of benzene rings is 1. The van der Waals surface area contributed by atoms with Crippen molar-refractivity contribution in [3.63, 3.8) is 0 Å². The molecule has 0 aliphatic heterocycles. The van der Waals surface area contributed by atoms with Gasteiger partial charge < -0.3 is 4.74 Å². The van der Waals surface area contributed by atoms with Gasteiger partial charge >= 0.3 is 0 Å². The van der Waals surface area contributed by atoms with Crippen molar-refractivity contribution in [2.75, 3.05) is 7.11 Å². The molecule has 0 aliphatic rings. The van der Waals surface area contributed by atoms with Crippen LogP contribution in [0.1, 0.15) is 38.7 Å². The summed E-state index contributed by atoms with van der Waals surface area (Å²) in [5, 5.41) is 0.00218. The van der Waals surface area contributed by atoms with Crippen molar-refractivity contribution in [2.24, 2.45) is 0 Å². The number of hydrogen-bond donors (Lipinski definition) is 0. The minimum atomic E-state index is -0.188. The van der Waals surface area contributed by atoms with E-state index in [0.29, 0.717) is 0 Å². The van der Waals surface area contributed by atoms with E-state index in [2.05, 4.69) is 21.7 Å². The Labute approximate surface area is 98.4 Å². The first-order valence-corrected chi connectivity index (χ1v) is 5.91. The fourth-order valence-electron chi connectivity index (χ4n) is 2.21. The summed E-state index contributed by atoms with van der Waals surface area (Å²) in [7, 11) is 3.81. The summed E-state index contributed by atoms with van der Waals surface area (Å²) in [5.41, 5.74) is 0.986. The lowest BCUT2D eigenvalue weighted by Crippen LogP contribution is -2.26. The van der Waals surface area contributed by atoms with Crippen LogP contribution in [0.5, 0.6) is 5.75 Å². The molecule has 0 saturated heterocycles. The first-order valence-electron chi connectivity index (χ1n) is 5.91. The van der Waals surface area contributed by atoms with Crippen LogP contribution in [0.4, 0.5) is 4.39 Å². The fraction of sp³-hybridized carbons (Fsp3) is 0.538. The van der Waals surface area contributed by atoms with Gasteiger partial charge in [-0.1, -0.05) is 33.1 Å². The van der Waals surface area contributed by atoms with Gasteiger partial charge in [-0.25, -0.2) is 4.39 Å². The van der Waals surface area contributed by atoms with Crippen LogP contribution < -0.4 is 4.74 Å². The largest absolute Gasteiger partial charge is 0.496 e. The highest BCUT2D eigenvalue weighted by atomic mass is 19.1. The average molecular weight is 222 g/mol. The summed E-state index contributed by atoms with van der Waals surface area (Å²) in [4.78, 5) is 0. The van der Waals surface area contributed by atoms with E-state index in [1.807, 2.05) is 0 Å². The first kappa shape index (κ1) is 13.1. The molecule has 0 N–H and O–H groups in total. The van der Waals surface area contributed by atoms with Crippen molar-refractivity contribution in [2.45, 2.75) is 38.4 Å². The maximum absolute atomic E-state index is 13.3. The number of methoxy groups -OCH3 is 1. The molecule has 0 radical (unpaired) electrons. The molecule has 88 valence electrons. The predicted molar refractivity (Wildman–Crippen MR) is 68.4 cm³/mol. The molecule has 1 unspecified atom stereocenters. The lowest BCUT2D eigenvalue weighted by Gasteiger charge is -2.30. The van der Waals surface area contributed by atoms with Gasteiger partial charge in [-0.15, -0.1) is 0 Å². The number of halogens is 1. The van der Waals surface area contributed by atoms with Gasteiger partial charge in [-0.3, -0.25) is 0 Å². The molecule has 1 aromatic rings. The van der Waals surface area contributed by atoms with E-state index in [1.165, 1.54) is 6.07 Å². The summed E-state index contributed by atoms with van der Waals surface area (Å²) in [6, 6.07) is 4.77. The molecule has 3 heteroatoms. The van der Waals surface area contributed by atoms with Crippen LogP contribution in [0.3, 0.4) is 0 Å². The average Bonchev–Trinajstić information content (AvgIpc) is 2.29. The van der Waals surface area contributed by atoms with Crippen molar-refractivity contribution in [3.8, 4) is 5.75 Å². The summed E-state index contributed by atoms with van der Waals surface area (Å²) in [6.45, 7) is 4.29. The van der Waals surface area contributed by atoms with Gasteiger partial charge in [0.1, 0.15) is 19.4 Å². The zero-order valence-corrected chi connectivity index (χ0v) is 10.6. The highest BCUT2D eigenvalue weighted by Gasteiger charge is 2.27. The molecule has 0 saturated carbocycles. The van der Waals surface area contributed by atoms with Gasteiger partial charge in [0.05, 0.1) is 7.11 Å². The second kappa shape index (κ2) is 5.38. The van der Waals surface area contributed by atoms with Gasteiger partial charge in [0, 0.05) is 0 Å². The van der Waals surface area contributed by atoms with Gasteiger partial charge in [0.15, 0.2) is 0 Å². The van der Waals surface area contributed by atoms with Crippen molar-refractivity contribution >= 4 is 7.85 Å². The third kappa shape index (κ3) is 2.57. The van der Waals surface area contributed by atoms with E-state index < -0.39 is 0 Å². The molecule has 1 atom stereocenters. The number of ether oxygens (including phenoxy) is 1. The summed E-state index contributed by atoms with van der Waals surface area (Å²) >= 11 is 0. The van der Waals surface area contributed by atoms with E-state index in [0.717, 1.165) is 30.6 Å². The molecule has 0 amide bonds. The zero-order chi connectivity index (χ0) is 12.2. The second-order valence-electron chi connectivity index (χ2n) is 4.51. The molecule has 0 bridgehead atoms. The monoisotopic (exact) mass is 222 g/mol. The summed E-state index contributed by atoms with van der Waals surface area (Å²) < 4.78 is 18.7. The molecule has 1 aromatic carbocycles. The van der Waals surface area contributed by atoms with Crippen LogP contribution in [-0.4, -0.2) is 15.0 Å². The first-order chi connectivity index (χ1) is 7.57. The lowest BCUT2D eigenvalue weighted by atomic mass is 9.60. The van der Waals surface area contributed by atoms with E-state index >= 15 is 0 Å². The minimum absolute atomic E-state index is 0.00218. The normalized spacial score (nSPS) is 14.5. The Bertz CT molecular complexity index is 354. The van der Waals surface area contributed by atoms with Crippen LogP contribution in [0.25, 0.3) is 0 Å². The molecule has 0 aromatic heterocycles. The molecule has 0 spiro atoms. The fourth-order valence-corrected chi connectivity index (χ4v) is 2.21. The molecular formula is C13H20BFO. The van der Waals surface area contributed by atoms with E-state index in [-0.39, 0.29) is 11.1 Å². The quantitative estimate of drug-likeness (QED) is 0.696. The number of hydrogen-bond acceptors (Lipinski definition) is 1. The summed E-state index contributed by atoms with van der Waals surface area (Å²) in [5.74, 6) is 0.603. The molecule has 1 nitrogen and oxygen atoms in total. The molecule has 1 rings (SSSR count). The van der Waals surface area contributed by atoms with Crippen LogP contribution in [0.15, 0.2) is 18.2 Å². The van der Waals surface area contributed by atoms with Crippen molar-refractivity contribution < 1.29 is 9.13 Å². The predicted octanol–water partition coefficient (Wildman–Crippen LogP) is 2.87. The van der Waals surface area contributed by atoms with Gasteiger partial charge in [0.2, 0.25) is 0 Å². The standard InChI is InChI=1S/C13H20BFO/c1-4-8-13(14,5-2)11-9-10(15)6-7-12(11)16-3/h6-7,9H,4-5,8,14H2,1-3H3. The van der Waals surface area contributed by atoms with E-state index in [4.69, 9.17) is 4.74 Å². The topological polar surface area (TPSA) is 9.23 Å². The second-order valence-corrected chi connectivity index (χ2v) is 4.51. The number of rotatable bonds is 5. The Morgan fingerprint density at radius 1 is 1.38 bits per heavy atom. The van der Waals surface area contributed by atoms with Gasteiger partial charge in [0.25, 0.3) is 0 Å². The Morgan fingerprint density at radius 2 is 2.06 bits per heavy atom. The lowest BCUT2D eigenvalue weighted by molar-refractivity contribution is 0.393. The smallest absolute Gasteiger partial charge is 0.123 e. The minimum Gasteiger partial charge on any atom is -0.496 e. The zero-order valence-electron chi connectivity index (χ0n) is 10.6. The van der Waals surface area contributed by atoms with Crippen molar-refractivity contribution in [1.82, 2.24) is 0 Å². The SMILES string of the molecule is BC(CC)(CCC)c1cc(F)ccc1OC. The Kier molecular flexibility index (Phi) is 4.39. The van der Waals surface area contributed by atoms with Crippen LogP contribution in [0.2, 0.25) is 0 Å². The Morgan fingerprint density at radius 3 is 2.56 bits per heavy atom. The Balaban J connectivity index is 3.21. The van der Waals surface area contributed by atoms with Gasteiger partial charge in [-0.2, -0.15) is 0 Å². The summed E-state index contributed by atoms with van der Waals surface area (Å²) in [6.07, 6.45) is 3.12. The third-order valence-corrected chi connectivity index (χ3v) is 3.39. The molecule has 0 aliphatic carbocycles. The van der Waals surface area contributed by atoms with Crippen LogP contribution in [0, 0.1) is 5.82 Å². The van der Waals surface area contributed by atoms with Crippen molar-refractivity contribution in [1.29, 1.82) is 0 Å². The van der Waals surface area contributed by atoms with Crippen LogP contribution in [-0.2, 0) is 5.31 Å². The molecule has 16 heavy (non-hydrogen) atoms.